The number of fused-ring (bicyclic) bond motifs is 1. The van der Waals surface area contributed by atoms with Crippen LogP contribution >= 0.6 is 0 Å². The summed E-state index contributed by atoms with van der Waals surface area (Å²) in [5, 5.41) is 8.04. The maximum absolute atomic E-state index is 4.63. The van der Waals surface area contributed by atoms with E-state index in [0.29, 0.717) is 5.92 Å². The van der Waals surface area contributed by atoms with Crippen LogP contribution in [0.4, 0.5) is 0 Å². The fourth-order valence-electron chi connectivity index (χ4n) is 1.94. The van der Waals surface area contributed by atoms with E-state index in [1.165, 1.54) is 17.8 Å². The van der Waals surface area contributed by atoms with Gasteiger partial charge in [0.2, 0.25) is 0 Å². The summed E-state index contributed by atoms with van der Waals surface area (Å²) >= 11 is 0. The molecule has 2 rings (SSSR count). The van der Waals surface area contributed by atoms with E-state index in [1.807, 2.05) is 0 Å². The summed E-state index contributed by atoms with van der Waals surface area (Å²) in [6, 6.07) is 2.25. The molecule has 3 heteroatoms. The molecule has 0 aromatic carbocycles. The van der Waals surface area contributed by atoms with Gasteiger partial charge in [0.05, 0.1) is 11.4 Å². The van der Waals surface area contributed by atoms with Crippen molar-refractivity contribution in [1.29, 1.82) is 0 Å². The lowest BCUT2D eigenvalue weighted by atomic mass is 10.1. The maximum Gasteiger partial charge on any atom is 0.0630 e. The quantitative estimate of drug-likeness (QED) is 0.772. The second-order valence-electron chi connectivity index (χ2n) is 4.48. The molecule has 3 nitrogen and oxygen atoms in total. The molecule has 0 atom stereocenters. The fourth-order valence-corrected chi connectivity index (χ4v) is 1.94. The van der Waals surface area contributed by atoms with Gasteiger partial charge in [0.15, 0.2) is 0 Å². The van der Waals surface area contributed by atoms with Crippen molar-refractivity contribution in [3.05, 3.63) is 17.5 Å². The zero-order valence-corrected chi connectivity index (χ0v) is 9.08. The molecular weight excluding hydrogens is 174 g/mol. The van der Waals surface area contributed by atoms with Crippen LogP contribution in [0, 0.1) is 5.92 Å². The Hall–Kier alpha value is -0.830. The van der Waals surface area contributed by atoms with Crippen molar-refractivity contribution in [2.45, 2.75) is 39.8 Å². The van der Waals surface area contributed by atoms with Gasteiger partial charge in [0.1, 0.15) is 0 Å². The van der Waals surface area contributed by atoms with Crippen LogP contribution in [0.15, 0.2) is 6.07 Å². The van der Waals surface area contributed by atoms with Crippen LogP contribution in [0.2, 0.25) is 0 Å². The van der Waals surface area contributed by atoms with E-state index >= 15 is 0 Å². The second-order valence-corrected chi connectivity index (χ2v) is 4.48. The van der Waals surface area contributed by atoms with E-state index in [1.54, 1.807) is 0 Å². The zero-order valence-electron chi connectivity index (χ0n) is 9.08. The Kier molecular flexibility index (Phi) is 2.87. The van der Waals surface area contributed by atoms with Crippen molar-refractivity contribution in [2.24, 2.45) is 5.92 Å². The van der Waals surface area contributed by atoms with E-state index in [-0.39, 0.29) is 0 Å². The molecule has 1 aliphatic rings. The van der Waals surface area contributed by atoms with Gasteiger partial charge < -0.3 is 5.32 Å². The van der Waals surface area contributed by atoms with E-state index in [0.717, 1.165) is 26.1 Å². The largest absolute Gasteiger partial charge is 0.311 e. The van der Waals surface area contributed by atoms with Crippen molar-refractivity contribution in [2.75, 3.05) is 6.54 Å². The highest BCUT2D eigenvalue weighted by Gasteiger charge is 2.10. The molecule has 0 fully saturated rings. The number of nitrogens with zero attached hydrogens (tertiary/aromatic N) is 2. The normalized spacial score (nSPS) is 16.8. The molecule has 1 aliphatic heterocycles. The predicted octanol–water partition coefficient (Wildman–Crippen LogP) is 1.57. The van der Waals surface area contributed by atoms with Crippen LogP contribution in [0.5, 0.6) is 0 Å². The van der Waals surface area contributed by atoms with Crippen LogP contribution in [-0.4, -0.2) is 16.3 Å². The molecule has 0 radical (unpaired) electrons. The third-order valence-electron chi connectivity index (χ3n) is 2.56. The minimum absolute atomic E-state index is 0.696. The minimum Gasteiger partial charge on any atom is -0.311 e. The van der Waals surface area contributed by atoms with Crippen molar-refractivity contribution in [3.8, 4) is 0 Å². The summed E-state index contributed by atoms with van der Waals surface area (Å²) in [6.45, 7) is 7.64. The standard InChI is InChI=1S/C11H19N3/c1-9(2)6-10-7-11-8-12-4-3-5-14(11)13-10/h7,9,12H,3-6,8H2,1-2H3. The Morgan fingerprint density at radius 2 is 2.43 bits per heavy atom. The highest BCUT2D eigenvalue weighted by atomic mass is 15.3. The lowest BCUT2D eigenvalue weighted by Gasteiger charge is -2.00. The van der Waals surface area contributed by atoms with Gasteiger partial charge in [-0.25, -0.2) is 0 Å². The Morgan fingerprint density at radius 3 is 3.21 bits per heavy atom. The number of hydrogen-bond acceptors (Lipinski definition) is 2. The third kappa shape index (κ3) is 2.15. The molecule has 2 heterocycles. The highest BCUT2D eigenvalue weighted by molar-refractivity contribution is 5.11. The van der Waals surface area contributed by atoms with Crippen LogP contribution < -0.4 is 5.32 Å². The Balaban J connectivity index is 2.14. The van der Waals surface area contributed by atoms with Crippen molar-refractivity contribution in [3.63, 3.8) is 0 Å². The van der Waals surface area contributed by atoms with Crippen LogP contribution in [0.3, 0.4) is 0 Å². The third-order valence-corrected chi connectivity index (χ3v) is 2.56. The number of rotatable bonds is 2. The molecule has 0 saturated carbocycles. The fraction of sp³-hybridized carbons (Fsp3) is 0.727. The number of aryl methyl sites for hydroxylation is 1. The molecule has 0 amide bonds. The van der Waals surface area contributed by atoms with Gasteiger partial charge in [-0.3, -0.25) is 4.68 Å². The van der Waals surface area contributed by atoms with E-state index in [2.05, 4.69) is 35.0 Å². The first kappa shape index (κ1) is 9.71. The Labute approximate surface area is 85.5 Å². The molecule has 14 heavy (non-hydrogen) atoms. The second kappa shape index (κ2) is 4.13. The van der Waals surface area contributed by atoms with E-state index < -0.39 is 0 Å². The molecule has 0 bridgehead atoms. The predicted molar refractivity (Wildman–Crippen MR) is 57.1 cm³/mol. The molecule has 1 aromatic rings. The number of aromatic nitrogens is 2. The number of nitrogens with one attached hydrogen (secondary N) is 1. The Morgan fingerprint density at radius 1 is 1.57 bits per heavy atom. The van der Waals surface area contributed by atoms with Gasteiger partial charge in [-0.1, -0.05) is 13.8 Å². The summed E-state index contributed by atoms with van der Waals surface area (Å²) < 4.78 is 2.16. The SMILES string of the molecule is CC(C)Cc1cc2n(n1)CCCNC2. The molecule has 1 N–H and O–H groups in total. The van der Waals surface area contributed by atoms with Crippen molar-refractivity contribution in [1.82, 2.24) is 15.1 Å². The lowest BCUT2D eigenvalue weighted by Crippen LogP contribution is -2.11. The average molecular weight is 193 g/mol. The molecule has 1 aromatic heterocycles. The molecule has 0 saturated heterocycles. The summed E-state index contributed by atoms with van der Waals surface area (Å²) in [5.74, 6) is 0.696. The molecular formula is C11H19N3. The van der Waals surface area contributed by atoms with E-state index in [4.69, 9.17) is 0 Å². The van der Waals surface area contributed by atoms with Crippen molar-refractivity contribution < 1.29 is 0 Å². The summed E-state index contributed by atoms with van der Waals surface area (Å²) in [7, 11) is 0. The first-order valence-electron chi connectivity index (χ1n) is 5.52. The van der Waals surface area contributed by atoms with Crippen LogP contribution in [-0.2, 0) is 19.5 Å². The zero-order chi connectivity index (χ0) is 9.97. The minimum atomic E-state index is 0.696. The monoisotopic (exact) mass is 193 g/mol. The van der Waals surface area contributed by atoms with Gasteiger partial charge >= 0.3 is 0 Å². The molecule has 0 unspecified atom stereocenters. The maximum atomic E-state index is 4.63. The lowest BCUT2D eigenvalue weighted by molar-refractivity contribution is 0.564. The first-order valence-corrected chi connectivity index (χ1v) is 5.52. The van der Waals surface area contributed by atoms with Gasteiger partial charge in [0, 0.05) is 13.1 Å². The van der Waals surface area contributed by atoms with Gasteiger partial charge in [0.25, 0.3) is 0 Å². The Bertz CT molecular complexity index is 278. The van der Waals surface area contributed by atoms with E-state index in [9.17, 15) is 0 Å². The van der Waals surface area contributed by atoms with Crippen LogP contribution in [0.1, 0.15) is 31.7 Å². The topological polar surface area (TPSA) is 29.9 Å². The van der Waals surface area contributed by atoms with Crippen LogP contribution in [0.25, 0.3) is 0 Å². The first-order chi connectivity index (χ1) is 6.75. The highest BCUT2D eigenvalue weighted by Crippen LogP contribution is 2.11. The summed E-state index contributed by atoms with van der Waals surface area (Å²) in [5.41, 5.74) is 2.59. The number of hydrogen-bond donors (Lipinski definition) is 1. The van der Waals surface area contributed by atoms with Gasteiger partial charge in [-0.15, -0.1) is 0 Å². The molecule has 0 aliphatic carbocycles. The van der Waals surface area contributed by atoms with Crippen molar-refractivity contribution >= 4 is 0 Å². The van der Waals surface area contributed by atoms with Gasteiger partial charge in [-0.05, 0) is 31.4 Å². The molecule has 0 spiro atoms. The smallest absolute Gasteiger partial charge is 0.0630 e. The summed E-state index contributed by atoms with van der Waals surface area (Å²) in [4.78, 5) is 0. The average Bonchev–Trinajstić information content (AvgIpc) is 2.34. The van der Waals surface area contributed by atoms with Gasteiger partial charge in [-0.2, -0.15) is 5.10 Å². The molecule has 78 valence electrons. The summed E-state index contributed by atoms with van der Waals surface area (Å²) in [6.07, 6.45) is 2.29.